The Hall–Kier alpha value is -1.19. The minimum atomic E-state index is -4.42. The van der Waals surface area contributed by atoms with Gasteiger partial charge in [0.25, 0.3) is 0 Å². The molecule has 9 heteroatoms. The van der Waals surface area contributed by atoms with Crippen molar-refractivity contribution in [2.75, 3.05) is 19.8 Å². The van der Waals surface area contributed by atoms with Crippen LogP contribution >= 0.6 is 0 Å². The van der Waals surface area contributed by atoms with Gasteiger partial charge in [-0.05, 0) is 27.7 Å². The summed E-state index contributed by atoms with van der Waals surface area (Å²) in [6, 6.07) is 0. The lowest BCUT2D eigenvalue weighted by atomic mass is 9.92. The molecule has 1 aliphatic heterocycles. The Morgan fingerprint density at radius 1 is 1.43 bits per heavy atom. The smallest absolute Gasteiger partial charge is 0.371 e. The molecule has 0 saturated carbocycles. The number of nitrogens with zero attached hydrogens (tertiary/aromatic N) is 3. The minimum absolute atomic E-state index is 0.00392. The lowest BCUT2D eigenvalue weighted by Crippen LogP contribution is -2.62. The third-order valence-electron chi connectivity index (χ3n) is 3.99. The number of halogens is 3. The van der Waals surface area contributed by atoms with Crippen molar-refractivity contribution < 1.29 is 27.2 Å². The van der Waals surface area contributed by atoms with E-state index in [1.54, 1.807) is 11.8 Å². The Morgan fingerprint density at radius 3 is 2.74 bits per heavy atom. The molecule has 0 aromatic carbocycles. The van der Waals surface area contributed by atoms with Crippen LogP contribution in [0.5, 0.6) is 0 Å². The summed E-state index contributed by atoms with van der Waals surface area (Å²) in [6.45, 7) is 7.65. The molecule has 0 bridgehead atoms. The van der Waals surface area contributed by atoms with E-state index in [4.69, 9.17) is 14.0 Å². The molecular formula is C14H22F3N3O3. The fourth-order valence-electron chi connectivity index (χ4n) is 2.70. The van der Waals surface area contributed by atoms with Gasteiger partial charge in [-0.1, -0.05) is 5.16 Å². The van der Waals surface area contributed by atoms with E-state index in [1.807, 2.05) is 6.92 Å². The second-order valence-corrected chi connectivity index (χ2v) is 6.01. The van der Waals surface area contributed by atoms with Crippen LogP contribution < -0.4 is 0 Å². The van der Waals surface area contributed by atoms with Crippen LogP contribution in [-0.4, -0.2) is 52.6 Å². The molecule has 132 valence electrons. The van der Waals surface area contributed by atoms with Crippen molar-refractivity contribution in [3.8, 4) is 0 Å². The number of hydrogen-bond acceptors (Lipinski definition) is 6. The Kier molecular flexibility index (Phi) is 5.32. The summed E-state index contributed by atoms with van der Waals surface area (Å²) in [5, 5.41) is 3.82. The molecule has 0 N–H and O–H groups in total. The molecule has 0 spiro atoms. The molecule has 1 fully saturated rings. The summed E-state index contributed by atoms with van der Waals surface area (Å²) < 4.78 is 54.8. The quantitative estimate of drug-likeness (QED) is 0.823. The van der Waals surface area contributed by atoms with Gasteiger partial charge in [0.2, 0.25) is 5.89 Å². The molecule has 0 radical (unpaired) electrons. The standard InChI is InChI=1S/C14H22F3N3O3/c1-5-21-9(2)11-18-10(23-19-11)8-20-6-7-22-12(13(20,3)4)14(15,16)17/h9,12H,5-8H2,1-4H3. The van der Waals surface area contributed by atoms with E-state index < -0.39 is 17.8 Å². The number of alkyl halides is 3. The fourth-order valence-corrected chi connectivity index (χ4v) is 2.70. The SMILES string of the molecule is CCOC(C)c1noc(CN2CCOC(C(F)(F)F)C2(C)C)n1. The predicted octanol–water partition coefficient (Wildman–Crippen LogP) is 2.71. The van der Waals surface area contributed by atoms with Crippen LogP contribution in [0.4, 0.5) is 13.2 Å². The van der Waals surface area contributed by atoms with E-state index in [2.05, 4.69) is 10.1 Å². The lowest BCUT2D eigenvalue weighted by molar-refractivity contribution is -0.273. The average molecular weight is 337 g/mol. The van der Waals surface area contributed by atoms with Gasteiger partial charge in [0.05, 0.1) is 18.7 Å². The zero-order valence-electron chi connectivity index (χ0n) is 13.7. The van der Waals surface area contributed by atoms with Crippen LogP contribution in [0, 0.1) is 0 Å². The van der Waals surface area contributed by atoms with Crippen LogP contribution in [0.3, 0.4) is 0 Å². The minimum Gasteiger partial charge on any atom is -0.371 e. The van der Waals surface area contributed by atoms with E-state index in [-0.39, 0.29) is 25.1 Å². The first-order valence-corrected chi connectivity index (χ1v) is 7.53. The van der Waals surface area contributed by atoms with Crippen LogP contribution in [0.2, 0.25) is 0 Å². The second kappa shape index (κ2) is 6.74. The van der Waals surface area contributed by atoms with Crippen molar-refractivity contribution in [2.24, 2.45) is 0 Å². The van der Waals surface area contributed by atoms with E-state index >= 15 is 0 Å². The maximum Gasteiger partial charge on any atom is 0.416 e. The molecule has 0 amide bonds. The van der Waals surface area contributed by atoms with Gasteiger partial charge < -0.3 is 14.0 Å². The molecular weight excluding hydrogens is 315 g/mol. The number of ether oxygens (including phenoxy) is 2. The highest BCUT2D eigenvalue weighted by Crippen LogP contribution is 2.37. The first-order chi connectivity index (χ1) is 10.7. The highest BCUT2D eigenvalue weighted by atomic mass is 19.4. The van der Waals surface area contributed by atoms with Gasteiger partial charge in [-0.15, -0.1) is 0 Å². The van der Waals surface area contributed by atoms with Crippen molar-refractivity contribution in [1.82, 2.24) is 15.0 Å². The van der Waals surface area contributed by atoms with E-state index in [0.29, 0.717) is 19.0 Å². The van der Waals surface area contributed by atoms with E-state index in [0.717, 1.165) is 0 Å². The van der Waals surface area contributed by atoms with E-state index in [1.165, 1.54) is 13.8 Å². The van der Waals surface area contributed by atoms with Gasteiger partial charge >= 0.3 is 6.18 Å². The summed E-state index contributed by atoms with van der Waals surface area (Å²) in [5.41, 5.74) is -1.23. The lowest BCUT2D eigenvalue weighted by Gasteiger charge is -2.47. The monoisotopic (exact) mass is 337 g/mol. The summed E-state index contributed by atoms with van der Waals surface area (Å²) in [4.78, 5) is 5.86. The third kappa shape index (κ3) is 4.02. The Labute approximate surface area is 132 Å². The molecule has 2 rings (SSSR count). The average Bonchev–Trinajstić information content (AvgIpc) is 2.88. The van der Waals surface area contributed by atoms with Crippen molar-refractivity contribution in [3.63, 3.8) is 0 Å². The number of morpholine rings is 1. The molecule has 2 unspecified atom stereocenters. The number of aromatic nitrogens is 2. The topological polar surface area (TPSA) is 60.6 Å². The summed E-state index contributed by atoms with van der Waals surface area (Å²) in [5.74, 6) is 0.655. The molecule has 23 heavy (non-hydrogen) atoms. The fraction of sp³-hybridized carbons (Fsp3) is 0.857. The predicted molar refractivity (Wildman–Crippen MR) is 74.6 cm³/mol. The largest absolute Gasteiger partial charge is 0.416 e. The first-order valence-electron chi connectivity index (χ1n) is 7.53. The van der Waals surface area contributed by atoms with Crippen LogP contribution in [0.1, 0.15) is 45.5 Å². The van der Waals surface area contributed by atoms with Gasteiger partial charge in [-0.25, -0.2) is 0 Å². The Morgan fingerprint density at radius 2 is 2.13 bits per heavy atom. The zero-order chi connectivity index (χ0) is 17.3. The summed E-state index contributed by atoms with van der Waals surface area (Å²) in [7, 11) is 0. The highest BCUT2D eigenvalue weighted by molar-refractivity contribution is 4.99. The molecule has 1 aromatic rings. The van der Waals surface area contributed by atoms with Crippen molar-refractivity contribution in [1.29, 1.82) is 0 Å². The molecule has 2 heterocycles. The van der Waals surface area contributed by atoms with Gasteiger partial charge in [0, 0.05) is 13.2 Å². The molecule has 1 saturated heterocycles. The van der Waals surface area contributed by atoms with Crippen LogP contribution in [-0.2, 0) is 16.0 Å². The second-order valence-electron chi connectivity index (χ2n) is 6.01. The molecule has 6 nitrogen and oxygen atoms in total. The van der Waals surface area contributed by atoms with Crippen LogP contribution in [0.25, 0.3) is 0 Å². The first kappa shape index (κ1) is 18.2. The van der Waals surface area contributed by atoms with E-state index in [9.17, 15) is 13.2 Å². The molecule has 1 aliphatic rings. The van der Waals surface area contributed by atoms with Gasteiger partial charge in [0.1, 0.15) is 6.10 Å². The van der Waals surface area contributed by atoms with Gasteiger partial charge in [-0.2, -0.15) is 18.2 Å². The normalized spacial score (nSPS) is 23.9. The van der Waals surface area contributed by atoms with Crippen LogP contribution in [0.15, 0.2) is 4.52 Å². The Balaban J connectivity index is 2.10. The van der Waals surface area contributed by atoms with Crippen molar-refractivity contribution in [2.45, 2.75) is 58.2 Å². The number of rotatable bonds is 5. The van der Waals surface area contributed by atoms with Crippen molar-refractivity contribution in [3.05, 3.63) is 11.7 Å². The zero-order valence-corrected chi connectivity index (χ0v) is 13.7. The molecule has 2 atom stereocenters. The maximum absolute atomic E-state index is 13.1. The molecule has 1 aromatic heterocycles. The maximum atomic E-state index is 13.1. The highest BCUT2D eigenvalue weighted by Gasteiger charge is 2.54. The van der Waals surface area contributed by atoms with Crippen molar-refractivity contribution >= 4 is 0 Å². The van der Waals surface area contributed by atoms with Gasteiger partial charge in [0.15, 0.2) is 11.9 Å². The third-order valence-corrected chi connectivity index (χ3v) is 3.99. The van der Waals surface area contributed by atoms with Gasteiger partial charge in [-0.3, -0.25) is 4.90 Å². The molecule has 0 aliphatic carbocycles. The number of hydrogen-bond donors (Lipinski definition) is 0. The Bertz CT molecular complexity index is 519. The summed E-state index contributed by atoms with van der Waals surface area (Å²) >= 11 is 0. The summed E-state index contributed by atoms with van der Waals surface area (Å²) in [6.07, 6.45) is -6.60.